The number of alkyl halides is 2. The Morgan fingerprint density at radius 3 is 2.55 bits per heavy atom. The second kappa shape index (κ2) is 7.41. The molecule has 0 saturated heterocycles. The smallest absolute Gasteiger partial charge is 0.309 e. The molecule has 7 heteroatoms. The van der Waals surface area contributed by atoms with Crippen LogP contribution in [0.15, 0.2) is 23.8 Å². The number of esters is 1. The Morgan fingerprint density at radius 2 is 1.91 bits per heavy atom. The minimum absolute atomic E-state index is 0.0306. The fourth-order valence-electron chi connectivity index (χ4n) is 8.06. The molecule has 0 radical (unpaired) electrons. The quantitative estimate of drug-likeness (QED) is 0.463. The highest BCUT2D eigenvalue weighted by Crippen LogP contribution is 2.72. The molecule has 0 bridgehead atoms. The van der Waals surface area contributed by atoms with Crippen LogP contribution in [0.2, 0.25) is 0 Å². The standard InChI is InChI=1S/C26H32Cl2O5/c1-14-10-19-18-7-6-16-11-17(29)8-9-23(16,2)25(18,28)20(30)12-24(19,3)26(14,21(31)13-27)33-22(32)15-4-5-15/h8-9,11,14-15,18-20,30H,4-7,10,12-13H2,1-3H3/t14-,18?,19?,20-,23-,24-,25-,26-/m0/s1. The van der Waals surface area contributed by atoms with E-state index in [1.807, 2.05) is 26.8 Å². The summed E-state index contributed by atoms with van der Waals surface area (Å²) in [7, 11) is 0. The molecular formula is C26H32Cl2O5. The van der Waals surface area contributed by atoms with Gasteiger partial charge in [0.05, 0.1) is 22.8 Å². The minimum atomic E-state index is -1.37. The summed E-state index contributed by atoms with van der Waals surface area (Å²) in [4.78, 5) is 37.4. The summed E-state index contributed by atoms with van der Waals surface area (Å²) in [6, 6.07) is 0. The number of allylic oxidation sites excluding steroid dienone is 4. The molecule has 33 heavy (non-hydrogen) atoms. The maximum absolute atomic E-state index is 13.5. The highest BCUT2D eigenvalue weighted by molar-refractivity contribution is 6.29. The van der Waals surface area contributed by atoms with E-state index in [9.17, 15) is 19.5 Å². The molecule has 0 aromatic rings. The molecule has 0 amide bonds. The van der Waals surface area contributed by atoms with Gasteiger partial charge in [-0.1, -0.05) is 32.4 Å². The van der Waals surface area contributed by atoms with Crippen LogP contribution in [-0.2, 0) is 19.1 Å². The first-order chi connectivity index (χ1) is 15.5. The highest BCUT2D eigenvalue weighted by atomic mass is 35.5. The van der Waals surface area contributed by atoms with Crippen LogP contribution in [0.25, 0.3) is 0 Å². The summed E-state index contributed by atoms with van der Waals surface area (Å²) in [6.45, 7) is 5.96. The third-order valence-electron chi connectivity index (χ3n) is 9.89. The predicted octanol–water partition coefficient (Wildman–Crippen LogP) is 4.37. The van der Waals surface area contributed by atoms with Crippen LogP contribution in [0, 0.1) is 34.5 Å². The lowest BCUT2D eigenvalue weighted by molar-refractivity contribution is -0.201. The van der Waals surface area contributed by atoms with E-state index in [1.54, 1.807) is 12.2 Å². The molecule has 5 nitrogen and oxygen atoms in total. The summed E-state index contributed by atoms with van der Waals surface area (Å²) < 4.78 is 6.17. The van der Waals surface area contributed by atoms with Gasteiger partial charge < -0.3 is 9.84 Å². The Bertz CT molecular complexity index is 985. The number of aliphatic hydroxyl groups is 1. The molecule has 180 valence electrons. The molecule has 5 aliphatic carbocycles. The first-order valence-corrected chi connectivity index (χ1v) is 13.0. The molecule has 4 fully saturated rings. The number of ketones is 2. The maximum atomic E-state index is 13.5. The fraction of sp³-hybridized carbons (Fsp3) is 0.731. The van der Waals surface area contributed by atoms with Crippen molar-refractivity contribution >= 4 is 40.7 Å². The lowest BCUT2D eigenvalue weighted by Gasteiger charge is -2.64. The monoisotopic (exact) mass is 494 g/mol. The number of hydrogen-bond acceptors (Lipinski definition) is 5. The number of aliphatic hydroxyl groups excluding tert-OH is 1. The summed E-state index contributed by atoms with van der Waals surface area (Å²) in [5.41, 5.74) is -1.86. The topological polar surface area (TPSA) is 80.7 Å². The Labute approximate surface area is 204 Å². The average molecular weight is 495 g/mol. The molecule has 0 aromatic heterocycles. The van der Waals surface area contributed by atoms with E-state index < -0.39 is 27.4 Å². The molecule has 8 atom stereocenters. The number of fused-ring (bicyclic) bond motifs is 5. The zero-order chi connectivity index (χ0) is 24.0. The van der Waals surface area contributed by atoms with Crippen molar-refractivity contribution in [3.05, 3.63) is 23.8 Å². The maximum Gasteiger partial charge on any atom is 0.309 e. The normalized spacial score (nSPS) is 48.4. The van der Waals surface area contributed by atoms with E-state index in [2.05, 4.69) is 0 Å². The molecule has 4 saturated carbocycles. The van der Waals surface area contributed by atoms with Crippen LogP contribution in [-0.4, -0.2) is 45.1 Å². The van der Waals surface area contributed by atoms with Crippen LogP contribution in [0.3, 0.4) is 0 Å². The number of carbonyl (C=O) groups excluding carboxylic acids is 3. The zero-order valence-electron chi connectivity index (χ0n) is 19.4. The van der Waals surface area contributed by atoms with Gasteiger partial charge in [0, 0.05) is 16.7 Å². The average Bonchev–Trinajstić information content (AvgIpc) is 3.58. The molecule has 5 aliphatic rings. The number of Topliss-reactive ketones (excluding diaryl/α,β-unsaturated/α-hetero) is 1. The summed E-state index contributed by atoms with van der Waals surface area (Å²) in [5, 5.41) is 11.7. The SMILES string of the molecule is C[C@H]1CC2C3CCC4=CC(=O)C=C[C@]4(C)[C@@]3(Cl)[C@@H](O)C[C@]2(C)[C@@]1(OC(=O)C1CC1)C(=O)CCl. The van der Waals surface area contributed by atoms with E-state index in [4.69, 9.17) is 27.9 Å². The van der Waals surface area contributed by atoms with E-state index in [0.717, 1.165) is 18.4 Å². The van der Waals surface area contributed by atoms with Crippen LogP contribution in [0.1, 0.15) is 59.3 Å². The van der Waals surface area contributed by atoms with Crippen LogP contribution in [0.5, 0.6) is 0 Å². The Balaban J connectivity index is 1.61. The number of halogens is 2. The molecule has 0 heterocycles. The second-order valence-electron chi connectivity index (χ2n) is 11.4. The van der Waals surface area contributed by atoms with E-state index in [0.29, 0.717) is 19.3 Å². The Kier molecular flexibility index (Phi) is 5.29. The van der Waals surface area contributed by atoms with Gasteiger partial charge in [0.25, 0.3) is 0 Å². The third-order valence-corrected chi connectivity index (χ3v) is 11.1. The van der Waals surface area contributed by atoms with Crippen molar-refractivity contribution < 1.29 is 24.2 Å². The predicted molar refractivity (Wildman–Crippen MR) is 125 cm³/mol. The van der Waals surface area contributed by atoms with Crippen LogP contribution in [0.4, 0.5) is 0 Å². The van der Waals surface area contributed by atoms with E-state index in [-0.39, 0.29) is 53.5 Å². The lowest BCUT2D eigenvalue weighted by atomic mass is 9.45. The van der Waals surface area contributed by atoms with Crippen LogP contribution >= 0.6 is 23.2 Å². The zero-order valence-corrected chi connectivity index (χ0v) is 20.9. The molecule has 2 unspecified atom stereocenters. The van der Waals surface area contributed by atoms with Gasteiger partial charge in [0.15, 0.2) is 17.2 Å². The highest BCUT2D eigenvalue weighted by Gasteiger charge is 2.76. The molecule has 0 spiro atoms. The number of hydrogen-bond donors (Lipinski definition) is 1. The van der Waals surface area contributed by atoms with Gasteiger partial charge in [-0.15, -0.1) is 23.2 Å². The van der Waals surface area contributed by atoms with Crippen molar-refractivity contribution in [2.24, 2.45) is 34.5 Å². The van der Waals surface area contributed by atoms with Crippen molar-refractivity contribution in [3.63, 3.8) is 0 Å². The van der Waals surface area contributed by atoms with Gasteiger partial charge >= 0.3 is 5.97 Å². The van der Waals surface area contributed by atoms with Crippen LogP contribution < -0.4 is 0 Å². The number of carbonyl (C=O) groups is 3. The number of rotatable bonds is 4. The summed E-state index contributed by atoms with van der Waals surface area (Å²) in [6.07, 6.45) is 8.00. The number of ether oxygens (including phenoxy) is 1. The van der Waals surface area contributed by atoms with Crippen molar-refractivity contribution in [1.82, 2.24) is 0 Å². The lowest BCUT2D eigenvalue weighted by Crippen LogP contribution is -2.69. The largest absolute Gasteiger partial charge is 0.450 e. The summed E-state index contributed by atoms with van der Waals surface area (Å²) >= 11 is 13.6. The molecule has 5 rings (SSSR count). The molecular weight excluding hydrogens is 463 g/mol. The van der Waals surface area contributed by atoms with Gasteiger partial charge in [-0.2, -0.15) is 0 Å². The van der Waals surface area contributed by atoms with Crippen molar-refractivity contribution in [3.8, 4) is 0 Å². The molecule has 0 aliphatic heterocycles. The first kappa shape index (κ1) is 23.6. The van der Waals surface area contributed by atoms with E-state index >= 15 is 0 Å². The summed E-state index contributed by atoms with van der Waals surface area (Å²) in [5.74, 6) is -1.42. The van der Waals surface area contributed by atoms with Gasteiger partial charge in [0.2, 0.25) is 0 Å². The first-order valence-electron chi connectivity index (χ1n) is 12.1. The van der Waals surface area contributed by atoms with Crippen molar-refractivity contribution in [1.29, 1.82) is 0 Å². The van der Waals surface area contributed by atoms with Crippen molar-refractivity contribution in [2.45, 2.75) is 75.9 Å². The second-order valence-corrected chi connectivity index (χ2v) is 12.3. The fourth-order valence-corrected chi connectivity index (χ4v) is 8.78. The Hall–Kier alpha value is -1.17. The molecule has 0 aromatic carbocycles. The van der Waals surface area contributed by atoms with E-state index in [1.165, 1.54) is 0 Å². The minimum Gasteiger partial charge on any atom is -0.450 e. The molecule has 1 N–H and O–H groups in total. The third kappa shape index (κ3) is 2.85. The van der Waals surface area contributed by atoms with Gasteiger partial charge in [-0.3, -0.25) is 14.4 Å². The Morgan fingerprint density at radius 1 is 1.21 bits per heavy atom. The van der Waals surface area contributed by atoms with Gasteiger partial charge in [-0.25, -0.2) is 0 Å². The van der Waals surface area contributed by atoms with Crippen molar-refractivity contribution in [2.75, 3.05) is 5.88 Å². The van der Waals surface area contributed by atoms with Gasteiger partial charge in [0.1, 0.15) is 0 Å². The van der Waals surface area contributed by atoms with Gasteiger partial charge in [-0.05, 0) is 62.5 Å².